The number of hydrogen-bond acceptors (Lipinski definition) is 2. The van der Waals surface area contributed by atoms with E-state index in [1.54, 1.807) is 0 Å². The molecule has 22 heavy (non-hydrogen) atoms. The summed E-state index contributed by atoms with van der Waals surface area (Å²) in [6, 6.07) is 0. The lowest BCUT2D eigenvalue weighted by Crippen LogP contribution is -2.52. The normalized spacial score (nSPS) is 54.3. The molecule has 1 N–H and O–H groups in total. The van der Waals surface area contributed by atoms with Gasteiger partial charge in [0.15, 0.2) is 12.0 Å². The van der Waals surface area contributed by atoms with Crippen molar-refractivity contribution in [2.24, 2.45) is 28.6 Å². The summed E-state index contributed by atoms with van der Waals surface area (Å²) in [6.45, 7) is 4.46. The predicted molar refractivity (Wildman–Crippen MR) is 83.0 cm³/mol. The van der Waals surface area contributed by atoms with Gasteiger partial charge in [-0.1, -0.05) is 19.9 Å². The van der Waals surface area contributed by atoms with E-state index < -0.39 is 6.17 Å². The first-order chi connectivity index (χ1) is 10.4. The van der Waals surface area contributed by atoms with Gasteiger partial charge in [0.05, 0.1) is 6.10 Å². The molecule has 2 unspecified atom stereocenters. The Hall–Kier alpha value is -0.700. The lowest BCUT2D eigenvalue weighted by atomic mass is 9.48. The fraction of sp³-hybridized carbons (Fsp3) is 0.842. The van der Waals surface area contributed by atoms with Crippen LogP contribution in [0.25, 0.3) is 0 Å². The summed E-state index contributed by atoms with van der Waals surface area (Å²) in [6.07, 6.45) is 6.78. The zero-order valence-electron chi connectivity index (χ0n) is 13.6. The molecule has 3 fully saturated rings. The Labute approximate surface area is 132 Å². The van der Waals surface area contributed by atoms with Crippen molar-refractivity contribution >= 4 is 5.78 Å². The van der Waals surface area contributed by atoms with Gasteiger partial charge in [0.2, 0.25) is 0 Å². The Morgan fingerprint density at radius 1 is 1.18 bits per heavy atom. The Morgan fingerprint density at radius 2 is 1.95 bits per heavy atom. The number of halogens is 1. The van der Waals surface area contributed by atoms with Gasteiger partial charge in [-0.25, -0.2) is 4.39 Å². The van der Waals surface area contributed by atoms with Gasteiger partial charge in [0.1, 0.15) is 0 Å². The van der Waals surface area contributed by atoms with Gasteiger partial charge in [-0.3, -0.25) is 4.79 Å². The number of alkyl halides is 1. The summed E-state index contributed by atoms with van der Waals surface area (Å²) in [5.74, 6) is 1.39. The highest BCUT2D eigenvalue weighted by Crippen LogP contribution is 2.64. The summed E-state index contributed by atoms with van der Waals surface area (Å²) in [4.78, 5) is 11.8. The summed E-state index contributed by atoms with van der Waals surface area (Å²) < 4.78 is 14.5. The van der Waals surface area contributed by atoms with E-state index in [1.165, 1.54) is 0 Å². The Kier molecular flexibility index (Phi) is 3.15. The molecule has 3 heteroatoms. The predicted octanol–water partition coefficient (Wildman–Crippen LogP) is 3.83. The fourth-order valence-corrected chi connectivity index (χ4v) is 6.50. The summed E-state index contributed by atoms with van der Waals surface area (Å²) in [5, 5.41) is 10.4. The van der Waals surface area contributed by atoms with Crippen molar-refractivity contribution in [1.82, 2.24) is 0 Å². The van der Waals surface area contributed by atoms with Crippen molar-refractivity contribution in [3.63, 3.8) is 0 Å². The maximum Gasteiger partial charge on any atom is 0.180 e. The van der Waals surface area contributed by atoms with E-state index in [-0.39, 0.29) is 22.7 Å². The molecule has 0 aliphatic heterocycles. The second-order valence-electron chi connectivity index (χ2n) is 8.66. The highest BCUT2D eigenvalue weighted by atomic mass is 19.1. The van der Waals surface area contributed by atoms with E-state index in [0.717, 1.165) is 44.1 Å². The topological polar surface area (TPSA) is 37.3 Å². The van der Waals surface area contributed by atoms with Gasteiger partial charge in [0, 0.05) is 6.42 Å². The van der Waals surface area contributed by atoms with Crippen molar-refractivity contribution < 1.29 is 14.3 Å². The molecule has 0 spiro atoms. The average Bonchev–Trinajstić information content (AvgIpc) is 2.79. The van der Waals surface area contributed by atoms with Crippen LogP contribution in [-0.2, 0) is 4.79 Å². The number of hydrogen-bond donors (Lipinski definition) is 1. The average molecular weight is 306 g/mol. The second-order valence-corrected chi connectivity index (χ2v) is 8.66. The van der Waals surface area contributed by atoms with E-state index in [4.69, 9.17) is 0 Å². The van der Waals surface area contributed by atoms with E-state index in [2.05, 4.69) is 19.9 Å². The van der Waals surface area contributed by atoms with Gasteiger partial charge < -0.3 is 5.11 Å². The van der Waals surface area contributed by atoms with Crippen LogP contribution in [0.2, 0.25) is 0 Å². The lowest BCUT2D eigenvalue weighted by molar-refractivity contribution is -0.128. The smallest absolute Gasteiger partial charge is 0.180 e. The molecule has 0 bridgehead atoms. The van der Waals surface area contributed by atoms with Crippen LogP contribution in [0, 0.1) is 28.6 Å². The van der Waals surface area contributed by atoms with Crippen LogP contribution in [0.3, 0.4) is 0 Å². The van der Waals surface area contributed by atoms with E-state index in [9.17, 15) is 14.3 Å². The minimum atomic E-state index is -1.36. The molecule has 3 saturated carbocycles. The first kappa shape index (κ1) is 14.9. The van der Waals surface area contributed by atoms with Crippen molar-refractivity contribution in [1.29, 1.82) is 0 Å². The molecule has 0 saturated heterocycles. The third kappa shape index (κ3) is 1.72. The highest BCUT2D eigenvalue weighted by molar-refractivity contribution is 5.87. The molecule has 7 atom stereocenters. The summed E-state index contributed by atoms with van der Waals surface area (Å²) in [5.41, 5.74) is 0.709. The summed E-state index contributed by atoms with van der Waals surface area (Å²) in [7, 11) is 0. The van der Waals surface area contributed by atoms with Gasteiger partial charge in [-0.2, -0.15) is 0 Å². The molecule has 4 aliphatic carbocycles. The minimum absolute atomic E-state index is 0.0580. The second kappa shape index (κ2) is 4.66. The van der Waals surface area contributed by atoms with E-state index >= 15 is 0 Å². The van der Waals surface area contributed by atoms with Crippen molar-refractivity contribution in [2.75, 3.05) is 0 Å². The third-order valence-electron chi connectivity index (χ3n) is 7.92. The molecular weight excluding hydrogens is 279 g/mol. The molecule has 0 aromatic heterocycles. The molecular formula is C19H27FO2. The molecule has 122 valence electrons. The number of rotatable bonds is 0. The van der Waals surface area contributed by atoms with Crippen molar-refractivity contribution in [3.05, 3.63) is 11.6 Å². The molecule has 0 aromatic carbocycles. The zero-order valence-corrected chi connectivity index (χ0v) is 13.6. The third-order valence-corrected chi connectivity index (χ3v) is 7.92. The van der Waals surface area contributed by atoms with Gasteiger partial charge in [-0.15, -0.1) is 0 Å². The van der Waals surface area contributed by atoms with Crippen LogP contribution >= 0.6 is 0 Å². The van der Waals surface area contributed by atoms with Crippen LogP contribution < -0.4 is 0 Å². The molecule has 0 amide bonds. The number of fused-ring (bicyclic) bond motifs is 5. The van der Waals surface area contributed by atoms with Crippen molar-refractivity contribution in [3.8, 4) is 0 Å². The Bertz CT molecular complexity index is 542. The quantitative estimate of drug-likeness (QED) is 0.691. The summed E-state index contributed by atoms with van der Waals surface area (Å²) >= 11 is 0. The lowest BCUT2D eigenvalue weighted by Gasteiger charge is -2.57. The minimum Gasteiger partial charge on any atom is -0.393 e. The largest absolute Gasteiger partial charge is 0.393 e. The van der Waals surface area contributed by atoms with Crippen molar-refractivity contribution in [2.45, 2.75) is 71.1 Å². The number of aliphatic hydroxyl groups is 1. The molecule has 2 nitrogen and oxygen atoms in total. The van der Waals surface area contributed by atoms with Gasteiger partial charge in [-0.05, 0) is 72.7 Å². The number of Topliss-reactive ketones (excluding diaryl/α,β-unsaturated/α-hetero) is 1. The number of allylic oxidation sites excluding steroid dienone is 2. The Morgan fingerprint density at radius 3 is 2.73 bits per heavy atom. The zero-order chi connectivity index (χ0) is 15.7. The van der Waals surface area contributed by atoms with Crippen LogP contribution in [0.15, 0.2) is 11.6 Å². The molecule has 4 aliphatic rings. The van der Waals surface area contributed by atoms with Crippen LogP contribution in [0.4, 0.5) is 4.39 Å². The van der Waals surface area contributed by atoms with E-state index in [1.807, 2.05) is 0 Å². The van der Waals surface area contributed by atoms with E-state index in [0.29, 0.717) is 24.2 Å². The van der Waals surface area contributed by atoms with Gasteiger partial charge in [0.25, 0.3) is 0 Å². The molecule has 4 rings (SSSR count). The number of aliphatic hydroxyl groups excluding tert-OH is 1. The number of carbonyl (C=O) groups is 1. The highest BCUT2D eigenvalue weighted by Gasteiger charge is 2.59. The number of ketones is 1. The molecule has 0 radical (unpaired) electrons. The Balaban J connectivity index is 1.71. The molecule has 0 aromatic rings. The molecule has 0 heterocycles. The fourth-order valence-electron chi connectivity index (χ4n) is 6.50. The first-order valence-corrected chi connectivity index (χ1v) is 8.93. The monoisotopic (exact) mass is 306 g/mol. The SMILES string of the molecule is C[C@]12CCC(=O)C(F)C1=CC[C@@H]1[C@H]2CC[C@]2(C)C(O)CC[C@@H]12. The first-order valence-electron chi connectivity index (χ1n) is 8.93. The number of carbonyl (C=O) groups excluding carboxylic acids is 1. The van der Waals surface area contributed by atoms with Crippen LogP contribution in [0.1, 0.15) is 58.8 Å². The van der Waals surface area contributed by atoms with Crippen LogP contribution in [0.5, 0.6) is 0 Å². The maximum atomic E-state index is 14.5. The van der Waals surface area contributed by atoms with Crippen LogP contribution in [-0.4, -0.2) is 23.2 Å². The van der Waals surface area contributed by atoms with Gasteiger partial charge >= 0.3 is 0 Å². The standard InChI is InChI=1S/C19H27FO2/c1-18-10-8-15(21)17(20)14(18)4-3-11-12-5-6-16(22)19(12,2)9-7-13(11)18/h4,11-13,16-17,22H,3,5-10H2,1-2H3/t11-,12-,13+,16?,17?,18+,19-/m0/s1. The maximum absolute atomic E-state index is 14.5.